The lowest BCUT2D eigenvalue weighted by atomic mass is 10.2. The predicted octanol–water partition coefficient (Wildman–Crippen LogP) is 4.15. The molecule has 0 bridgehead atoms. The highest BCUT2D eigenvalue weighted by Crippen LogP contribution is 2.29. The smallest absolute Gasteiger partial charge is 0.354 e. The fraction of sp³-hybridized carbons (Fsp3) is 0.294. The van der Waals surface area contributed by atoms with Gasteiger partial charge in [-0.15, -0.1) is 0 Å². The monoisotopic (exact) mass is 384 g/mol. The molecule has 1 fully saturated rings. The molecule has 0 radical (unpaired) electrons. The molecule has 1 aromatic heterocycles. The van der Waals surface area contributed by atoms with Gasteiger partial charge in [-0.2, -0.15) is 13.2 Å². The Balaban J connectivity index is 1.53. The SMILES string of the molecule is O=C(Nc1ccc(Cl)cc1)NC1CCN(c2ccc(C(F)(F)F)cn2)C1. The highest BCUT2D eigenvalue weighted by atomic mass is 35.5. The van der Waals surface area contributed by atoms with E-state index in [2.05, 4.69) is 15.6 Å². The van der Waals surface area contributed by atoms with Crippen molar-refractivity contribution in [3.05, 3.63) is 53.2 Å². The number of nitrogens with zero attached hydrogens (tertiary/aromatic N) is 2. The van der Waals surface area contributed by atoms with E-state index in [1.807, 2.05) is 4.90 Å². The summed E-state index contributed by atoms with van der Waals surface area (Å²) in [7, 11) is 0. The molecule has 1 aliphatic rings. The van der Waals surface area contributed by atoms with Gasteiger partial charge in [-0.1, -0.05) is 11.6 Å². The Morgan fingerprint density at radius 3 is 2.54 bits per heavy atom. The Kier molecular flexibility index (Phi) is 5.22. The third-order valence-electron chi connectivity index (χ3n) is 4.02. The minimum absolute atomic E-state index is 0.119. The van der Waals surface area contributed by atoms with E-state index in [0.29, 0.717) is 36.0 Å². The number of hydrogen-bond donors (Lipinski definition) is 2. The van der Waals surface area contributed by atoms with Crippen LogP contribution in [0, 0.1) is 0 Å². The number of hydrogen-bond acceptors (Lipinski definition) is 3. The summed E-state index contributed by atoms with van der Waals surface area (Å²) < 4.78 is 37.8. The topological polar surface area (TPSA) is 57.3 Å². The number of nitrogens with one attached hydrogen (secondary N) is 2. The molecular weight excluding hydrogens is 369 g/mol. The summed E-state index contributed by atoms with van der Waals surface area (Å²) in [6, 6.07) is 8.61. The average Bonchev–Trinajstić information content (AvgIpc) is 3.04. The van der Waals surface area contributed by atoms with Crippen LogP contribution in [0.5, 0.6) is 0 Å². The van der Waals surface area contributed by atoms with Gasteiger partial charge in [0, 0.05) is 36.0 Å². The van der Waals surface area contributed by atoms with Crippen LogP contribution < -0.4 is 15.5 Å². The zero-order valence-electron chi connectivity index (χ0n) is 13.6. The van der Waals surface area contributed by atoms with Gasteiger partial charge in [0.2, 0.25) is 0 Å². The normalized spacial score (nSPS) is 17.2. The number of aromatic nitrogens is 1. The van der Waals surface area contributed by atoms with E-state index in [9.17, 15) is 18.0 Å². The van der Waals surface area contributed by atoms with Crippen molar-refractivity contribution in [3.8, 4) is 0 Å². The van der Waals surface area contributed by atoms with Crippen molar-refractivity contribution in [2.45, 2.75) is 18.6 Å². The van der Waals surface area contributed by atoms with Gasteiger partial charge in [0.15, 0.2) is 0 Å². The zero-order valence-corrected chi connectivity index (χ0v) is 14.3. The molecule has 5 nitrogen and oxygen atoms in total. The van der Waals surface area contributed by atoms with Crippen molar-refractivity contribution >= 4 is 29.1 Å². The second-order valence-corrected chi connectivity index (χ2v) is 6.38. The number of pyridine rings is 1. The van der Waals surface area contributed by atoms with Gasteiger partial charge in [-0.3, -0.25) is 0 Å². The second-order valence-electron chi connectivity index (χ2n) is 5.94. The first-order valence-electron chi connectivity index (χ1n) is 7.92. The molecule has 1 unspecified atom stereocenters. The molecule has 2 heterocycles. The second kappa shape index (κ2) is 7.41. The Bertz CT molecular complexity index is 765. The summed E-state index contributed by atoms with van der Waals surface area (Å²) in [6.45, 7) is 1.08. The van der Waals surface area contributed by atoms with Gasteiger partial charge in [-0.25, -0.2) is 9.78 Å². The summed E-state index contributed by atoms with van der Waals surface area (Å²) in [5.74, 6) is 0.459. The highest BCUT2D eigenvalue weighted by molar-refractivity contribution is 6.30. The first-order chi connectivity index (χ1) is 12.3. The number of carbonyl (C=O) groups excluding carboxylic acids is 1. The lowest BCUT2D eigenvalue weighted by Gasteiger charge is -2.18. The van der Waals surface area contributed by atoms with Crippen molar-refractivity contribution in [2.24, 2.45) is 0 Å². The van der Waals surface area contributed by atoms with Crippen molar-refractivity contribution < 1.29 is 18.0 Å². The summed E-state index contributed by atoms with van der Waals surface area (Å²) in [4.78, 5) is 17.8. The van der Waals surface area contributed by atoms with Crippen LogP contribution in [0.4, 0.5) is 29.5 Å². The molecule has 1 aliphatic heterocycles. The number of amides is 2. The first-order valence-corrected chi connectivity index (χ1v) is 8.30. The summed E-state index contributed by atoms with van der Waals surface area (Å²) in [5, 5.41) is 6.13. The van der Waals surface area contributed by atoms with Crippen molar-refractivity contribution in [1.82, 2.24) is 10.3 Å². The zero-order chi connectivity index (χ0) is 18.7. The molecule has 0 aliphatic carbocycles. The number of carbonyl (C=O) groups is 1. The largest absolute Gasteiger partial charge is 0.417 e. The van der Waals surface area contributed by atoms with Crippen LogP contribution >= 0.6 is 11.6 Å². The molecule has 1 atom stereocenters. The van der Waals surface area contributed by atoms with Crippen LogP contribution in [-0.4, -0.2) is 30.1 Å². The highest BCUT2D eigenvalue weighted by Gasteiger charge is 2.31. The molecule has 1 aromatic carbocycles. The Hall–Kier alpha value is -2.48. The maximum Gasteiger partial charge on any atom is 0.417 e. The lowest BCUT2D eigenvalue weighted by Crippen LogP contribution is -2.39. The third-order valence-corrected chi connectivity index (χ3v) is 4.28. The maximum absolute atomic E-state index is 12.6. The van der Waals surface area contributed by atoms with E-state index >= 15 is 0 Å². The van der Waals surface area contributed by atoms with E-state index in [-0.39, 0.29) is 12.1 Å². The predicted molar refractivity (Wildman–Crippen MR) is 93.5 cm³/mol. The van der Waals surface area contributed by atoms with Crippen molar-refractivity contribution in [1.29, 1.82) is 0 Å². The van der Waals surface area contributed by atoms with Gasteiger partial charge in [-0.05, 0) is 42.8 Å². The molecule has 26 heavy (non-hydrogen) atoms. The van der Waals surface area contributed by atoms with E-state index in [1.54, 1.807) is 24.3 Å². The number of urea groups is 1. The molecule has 9 heteroatoms. The molecule has 138 valence electrons. The molecule has 0 spiro atoms. The summed E-state index contributed by atoms with van der Waals surface area (Å²) in [5.41, 5.74) is -0.163. The average molecular weight is 385 g/mol. The van der Waals surface area contributed by atoms with E-state index in [4.69, 9.17) is 11.6 Å². The van der Waals surface area contributed by atoms with Crippen LogP contribution in [0.15, 0.2) is 42.6 Å². The number of anilines is 2. The molecule has 2 amide bonds. The number of benzene rings is 1. The van der Waals surface area contributed by atoms with Crippen LogP contribution in [-0.2, 0) is 6.18 Å². The molecular formula is C17H16ClF3N4O. The number of halogens is 4. The van der Waals surface area contributed by atoms with Gasteiger partial charge >= 0.3 is 12.2 Å². The maximum atomic E-state index is 12.6. The summed E-state index contributed by atoms with van der Waals surface area (Å²) >= 11 is 5.79. The van der Waals surface area contributed by atoms with Gasteiger partial charge < -0.3 is 15.5 Å². The first kappa shape index (κ1) is 18.3. The number of rotatable bonds is 3. The lowest BCUT2D eigenvalue weighted by molar-refractivity contribution is -0.137. The molecule has 2 N–H and O–H groups in total. The third kappa shape index (κ3) is 4.57. The van der Waals surface area contributed by atoms with Crippen molar-refractivity contribution in [2.75, 3.05) is 23.3 Å². The minimum atomic E-state index is -4.40. The van der Waals surface area contributed by atoms with E-state index in [1.165, 1.54) is 6.07 Å². The Labute approximate surface area is 153 Å². The quantitative estimate of drug-likeness (QED) is 0.835. The number of alkyl halides is 3. The van der Waals surface area contributed by atoms with Gasteiger partial charge in [0.1, 0.15) is 5.82 Å². The van der Waals surface area contributed by atoms with Crippen molar-refractivity contribution in [3.63, 3.8) is 0 Å². The van der Waals surface area contributed by atoms with Crippen LogP contribution in [0.25, 0.3) is 0 Å². The van der Waals surface area contributed by atoms with E-state index < -0.39 is 11.7 Å². The molecule has 2 aromatic rings. The Morgan fingerprint density at radius 2 is 1.92 bits per heavy atom. The van der Waals surface area contributed by atoms with Gasteiger partial charge in [0.25, 0.3) is 0 Å². The fourth-order valence-corrected chi connectivity index (χ4v) is 2.84. The standard InChI is InChI=1S/C17H16ClF3N4O/c18-12-2-4-13(5-3-12)23-16(26)24-14-7-8-25(10-14)15-6-1-11(9-22-15)17(19,20)21/h1-6,9,14H,7-8,10H2,(H2,23,24,26). The van der Waals surface area contributed by atoms with E-state index in [0.717, 1.165) is 12.3 Å². The molecule has 3 rings (SSSR count). The van der Waals surface area contributed by atoms with Crippen LogP contribution in [0.1, 0.15) is 12.0 Å². The Morgan fingerprint density at radius 1 is 1.19 bits per heavy atom. The molecule has 0 saturated carbocycles. The molecule has 1 saturated heterocycles. The summed E-state index contributed by atoms with van der Waals surface area (Å²) in [6.07, 6.45) is -2.90. The van der Waals surface area contributed by atoms with Crippen LogP contribution in [0.2, 0.25) is 5.02 Å². The minimum Gasteiger partial charge on any atom is -0.354 e. The van der Waals surface area contributed by atoms with Gasteiger partial charge in [0.05, 0.1) is 5.56 Å². The van der Waals surface area contributed by atoms with Crippen LogP contribution in [0.3, 0.4) is 0 Å². The fourth-order valence-electron chi connectivity index (χ4n) is 2.71.